The second-order valence-corrected chi connectivity index (χ2v) is 6.85. The molecule has 0 saturated heterocycles. The third-order valence-corrected chi connectivity index (χ3v) is 4.30. The molecule has 26 heavy (non-hydrogen) atoms. The summed E-state index contributed by atoms with van der Waals surface area (Å²) in [5, 5.41) is 2.73. The zero-order valence-corrected chi connectivity index (χ0v) is 14.6. The van der Waals surface area contributed by atoms with Crippen molar-refractivity contribution in [3.05, 3.63) is 65.2 Å². The second kappa shape index (κ2) is 7.23. The van der Waals surface area contributed by atoms with Crippen molar-refractivity contribution in [2.24, 2.45) is 5.92 Å². The molecule has 0 bridgehead atoms. The normalized spacial score (nSPS) is 16.9. The van der Waals surface area contributed by atoms with E-state index in [2.05, 4.69) is 5.32 Å². The maximum Gasteiger partial charge on any atom is 0.244 e. The van der Waals surface area contributed by atoms with E-state index >= 15 is 0 Å². The van der Waals surface area contributed by atoms with Gasteiger partial charge in [0.1, 0.15) is 18.2 Å². The average molecular weight is 358 g/mol. The molecule has 2 amide bonds. The number of hydrogen-bond donors (Lipinski definition) is 1. The van der Waals surface area contributed by atoms with Crippen molar-refractivity contribution in [3.8, 4) is 0 Å². The average Bonchev–Trinajstić information content (AvgIpc) is 2.71. The number of carbonyl (C=O) groups excluding carboxylic acids is 2. The van der Waals surface area contributed by atoms with Gasteiger partial charge in [-0.3, -0.25) is 9.59 Å². The van der Waals surface area contributed by atoms with Crippen LogP contribution in [0.4, 0.5) is 14.5 Å². The Morgan fingerprint density at radius 1 is 1.15 bits per heavy atom. The van der Waals surface area contributed by atoms with E-state index in [-0.39, 0.29) is 30.7 Å². The first kappa shape index (κ1) is 18.0. The molecular formula is C20H20F2N2O2. The molecule has 1 heterocycles. The van der Waals surface area contributed by atoms with Gasteiger partial charge in [0, 0.05) is 17.7 Å². The number of halogens is 2. The van der Waals surface area contributed by atoms with Gasteiger partial charge in [-0.05, 0) is 41.8 Å². The predicted molar refractivity (Wildman–Crippen MR) is 94.4 cm³/mol. The molecule has 0 spiro atoms. The third-order valence-electron chi connectivity index (χ3n) is 4.30. The smallest absolute Gasteiger partial charge is 0.244 e. The first-order chi connectivity index (χ1) is 12.3. The van der Waals surface area contributed by atoms with Gasteiger partial charge in [-0.15, -0.1) is 0 Å². The second-order valence-electron chi connectivity index (χ2n) is 6.85. The molecule has 6 heteroatoms. The fourth-order valence-corrected chi connectivity index (χ4v) is 3.18. The van der Waals surface area contributed by atoms with Crippen molar-refractivity contribution in [1.29, 1.82) is 0 Å². The summed E-state index contributed by atoms with van der Waals surface area (Å²) < 4.78 is 27.3. The molecule has 2 aromatic rings. The highest BCUT2D eigenvalue weighted by atomic mass is 19.1. The highest BCUT2D eigenvalue weighted by Gasteiger charge is 2.33. The SMILES string of the molecule is CC(C)CC(=O)N1CC(=O)Nc2ccc(F)cc2[C@@H]1c1ccc(F)cc1. The maximum absolute atomic E-state index is 13.9. The van der Waals surface area contributed by atoms with Gasteiger partial charge >= 0.3 is 0 Å². The van der Waals surface area contributed by atoms with Gasteiger partial charge in [0.05, 0.1) is 6.04 Å². The Kier molecular flexibility index (Phi) is 5.02. The summed E-state index contributed by atoms with van der Waals surface area (Å²) in [6.45, 7) is 3.68. The summed E-state index contributed by atoms with van der Waals surface area (Å²) in [5.74, 6) is -1.32. The molecule has 0 saturated carbocycles. The van der Waals surface area contributed by atoms with E-state index in [0.29, 0.717) is 16.8 Å². The van der Waals surface area contributed by atoms with Crippen LogP contribution < -0.4 is 5.32 Å². The zero-order chi connectivity index (χ0) is 18.8. The topological polar surface area (TPSA) is 49.4 Å². The highest BCUT2D eigenvalue weighted by Crippen LogP contribution is 2.36. The Morgan fingerprint density at radius 2 is 1.81 bits per heavy atom. The van der Waals surface area contributed by atoms with Crippen molar-refractivity contribution < 1.29 is 18.4 Å². The monoisotopic (exact) mass is 358 g/mol. The lowest BCUT2D eigenvalue weighted by Crippen LogP contribution is -2.39. The van der Waals surface area contributed by atoms with Crippen molar-refractivity contribution in [2.45, 2.75) is 26.3 Å². The van der Waals surface area contributed by atoms with Crippen LogP contribution in [0.3, 0.4) is 0 Å². The minimum atomic E-state index is -0.675. The number of amides is 2. The van der Waals surface area contributed by atoms with Crippen LogP contribution in [0.5, 0.6) is 0 Å². The van der Waals surface area contributed by atoms with Crippen LogP contribution in [0.2, 0.25) is 0 Å². The molecular weight excluding hydrogens is 338 g/mol. The standard InChI is InChI=1S/C20H20F2N2O2/c1-12(2)9-19(26)24-11-18(25)23-17-8-7-15(22)10-16(17)20(24)13-3-5-14(21)6-4-13/h3-8,10,12,20H,9,11H2,1-2H3,(H,23,25)/t20-/m0/s1. The summed E-state index contributed by atoms with van der Waals surface area (Å²) >= 11 is 0. The lowest BCUT2D eigenvalue weighted by Gasteiger charge is -2.31. The van der Waals surface area contributed by atoms with Crippen LogP contribution in [-0.4, -0.2) is 23.3 Å². The molecule has 0 radical (unpaired) electrons. The number of anilines is 1. The summed E-state index contributed by atoms with van der Waals surface area (Å²) in [6.07, 6.45) is 0.260. The lowest BCUT2D eigenvalue weighted by molar-refractivity contribution is -0.136. The third kappa shape index (κ3) is 3.74. The van der Waals surface area contributed by atoms with Gasteiger partial charge < -0.3 is 10.2 Å². The van der Waals surface area contributed by atoms with Gasteiger partial charge in [-0.2, -0.15) is 0 Å². The number of hydrogen-bond acceptors (Lipinski definition) is 2. The molecule has 0 aliphatic carbocycles. The molecule has 3 rings (SSSR count). The molecule has 0 aromatic heterocycles. The van der Waals surface area contributed by atoms with Crippen LogP contribution >= 0.6 is 0 Å². The Bertz CT molecular complexity index is 834. The Morgan fingerprint density at radius 3 is 2.46 bits per heavy atom. The van der Waals surface area contributed by atoms with Gasteiger partial charge in [0.15, 0.2) is 0 Å². The zero-order valence-electron chi connectivity index (χ0n) is 14.6. The van der Waals surface area contributed by atoms with Gasteiger partial charge in [-0.1, -0.05) is 26.0 Å². The van der Waals surface area contributed by atoms with E-state index in [9.17, 15) is 18.4 Å². The summed E-state index contributed by atoms with van der Waals surface area (Å²) in [7, 11) is 0. The fraction of sp³-hybridized carbons (Fsp3) is 0.300. The minimum absolute atomic E-state index is 0.106. The van der Waals surface area contributed by atoms with Crippen molar-refractivity contribution >= 4 is 17.5 Å². The van der Waals surface area contributed by atoms with Crippen LogP contribution in [0, 0.1) is 17.6 Å². The van der Waals surface area contributed by atoms with E-state index in [1.807, 2.05) is 13.8 Å². The maximum atomic E-state index is 13.9. The molecule has 2 aromatic carbocycles. The van der Waals surface area contributed by atoms with Crippen LogP contribution in [0.15, 0.2) is 42.5 Å². The van der Waals surface area contributed by atoms with E-state index in [0.717, 1.165) is 0 Å². The fourth-order valence-electron chi connectivity index (χ4n) is 3.18. The summed E-state index contributed by atoms with van der Waals surface area (Å²) in [4.78, 5) is 26.6. The van der Waals surface area contributed by atoms with E-state index in [4.69, 9.17) is 0 Å². The number of rotatable bonds is 3. The molecule has 0 unspecified atom stereocenters. The predicted octanol–water partition coefficient (Wildman–Crippen LogP) is 3.88. The van der Waals surface area contributed by atoms with Crippen molar-refractivity contribution in [1.82, 2.24) is 4.90 Å². The number of benzene rings is 2. The quantitative estimate of drug-likeness (QED) is 0.905. The largest absolute Gasteiger partial charge is 0.324 e. The molecule has 136 valence electrons. The van der Waals surface area contributed by atoms with Crippen LogP contribution in [0.1, 0.15) is 37.4 Å². The number of nitrogens with one attached hydrogen (secondary N) is 1. The molecule has 1 N–H and O–H groups in total. The van der Waals surface area contributed by atoms with Crippen molar-refractivity contribution in [3.63, 3.8) is 0 Å². The Labute approximate surface area is 150 Å². The first-order valence-electron chi connectivity index (χ1n) is 8.49. The Hall–Kier alpha value is -2.76. The molecule has 1 aliphatic rings. The van der Waals surface area contributed by atoms with Crippen LogP contribution in [0.25, 0.3) is 0 Å². The molecule has 4 nitrogen and oxygen atoms in total. The first-order valence-corrected chi connectivity index (χ1v) is 8.49. The van der Waals surface area contributed by atoms with Gasteiger partial charge in [-0.25, -0.2) is 8.78 Å². The number of nitrogens with zero attached hydrogens (tertiary/aromatic N) is 1. The molecule has 1 aliphatic heterocycles. The van der Waals surface area contributed by atoms with E-state index in [1.54, 1.807) is 12.1 Å². The Balaban J connectivity index is 2.16. The van der Waals surface area contributed by atoms with Crippen molar-refractivity contribution in [2.75, 3.05) is 11.9 Å². The van der Waals surface area contributed by atoms with E-state index < -0.39 is 17.7 Å². The van der Waals surface area contributed by atoms with Crippen LogP contribution in [-0.2, 0) is 9.59 Å². The van der Waals surface area contributed by atoms with E-state index in [1.165, 1.54) is 35.2 Å². The summed E-state index contributed by atoms with van der Waals surface area (Å²) in [5.41, 5.74) is 1.54. The molecule has 1 atom stereocenters. The molecule has 0 fully saturated rings. The summed E-state index contributed by atoms with van der Waals surface area (Å²) in [6, 6.07) is 9.07. The number of fused-ring (bicyclic) bond motifs is 1. The highest BCUT2D eigenvalue weighted by molar-refractivity contribution is 5.97. The van der Waals surface area contributed by atoms with Gasteiger partial charge in [0.25, 0.3) is 0 Å². The lowest BCUT2D eigenvalue weighted by atomic mass is 9.95. The minimum Gasteiger partial charge on any atom is -0.324 e. The number of carbonyl (C=O) groups is 2. The van der Waals surface area contributed by atoms with Gasteiger partial charge in [0.2, 0.25) is 11.8 Å².